The lowest BCUT2D eigenvalue weighted by atomic mass is 10.0. The lowest BCUT2D eigenvalue weighted by Crippen LogP contribution is -2.35. The summed E-state index contributed by atoms with van der Waals surface area (Å²) in [5, 5.41) is 0. The maximum Gasteiger partial charge on any atom is 0.416 e. The van der Waals surface area contributed by atoms with Crippen LogP contribution in [0.25, 0.3) is 79.8 Å². The first-order chi connectivity index (χ1) is 27.3. The predicted molar refractivity (Wildman–Crippen MR) is 239 cm³/mol. The Morgan fingerprint density at radius 2 is 0.724 bits per heavy atom. The first-order valence-electron chi connectivity index (χ1n) is 19.3. The van der Waals surface area contributed by atoms with Crippen molar-refractivity contribution < 1.29 is 13.2 Å². The fourth-order valence-corrected chi connectivity index (χ4v) is 7.78. The van der Waals surface area contributed by atoms with E-state index >= 15 is 0 Å². The number of fused-ring (bicyclic) bond motifs is 8. The molecule has 2 aliphatic rings. The topological polar surface area (TPSA) is 57.4 Å². The largest absolute Gasteiger partial charge is 0.416 e. The summed E-state index contributed by atoms with van der Waals surface area (Å²) < 4.78 is 43.1. The molecule has 2 aliphatic heterocycles. The van der Waals surface area contributed by atoms with E-state index in [9.17, 15) is 13.2 Å². The zero-order valence-electron chi connectivity index (χ0n) is 34.4. The van der Waals surface area contributed by atoms with Gasteiger partial charge in [0, 0.05) is 33.2 Å². The van der Waals surface area contributed by atoms with Crippen LogP contribution in [0.5, 0.6) is 0 Å². The second-order valence-electron chi connectivity index (χ2n) is 17.7. The van der Waals surface area contributed by atoms with Crippen LogP contribution in [0.1, 0.15) is 28.3 Å². The number of nitrogens with zero attached hydrogens (tertiary/aromatic N) is 5. The van der Waals surface area contributed by atoms with Crippen molar-refractivity contribution in [3.63, 3.8) is 0 Å². The molecule has 0 unspecified atom stereocenters. The third-order valence-corrected chi connectivity index (χ3v) is 10.8. The molecular weight excluding hydrogens is 732 g/mol. The number of benzene rings is 3. The molecule has 58 heavy (non-hydrogen) atoms. The van der Waals surface area contributed by atoms with Gasteiger partial charge in [0.25, 0.3) is 0 Å². The molecule has 3 aromatic heterocycles. The Labute approximate surface area is 337 Å². The molecule has 10 heteroatoms. The van der Waals surface area contributed by atoms with E-state index in [4.69, 9.17) is 9.97 Å². The number of halogens is 3. The Morgan fingerprint density at radius 3 is 1.09 bits per heavy atom. The maximum absolute atomic E-state index is 13.8. The zero-order chi connectivity index (χ0) is 41.4. The van der Waals surface area contributed by atoms with Gasteiger partial charge in [0.1, 0.15) is 22.6 Å². The highest BCUT2D eigenvalue weighted by molar-refractivity contribution is 5.99. The molecule has 294 valence electrons. The SMILES string of the molecule is C[N+](C)(C)c1ccc(-c2c3nc(c(-c4ccc([N+](C)(C)C)cc4)c4ccc([nH]4)c([N+](C)(C)C)c4nc(c(-c5ccc(C(F)(F)F)cc5)c5ccc2[nH]5)C=C4)C=C3)cc1. The number of aromatic nitrogens is 4. The molecule has 0 spiro atoms. The van der Waals surface area contributed by atoms with Crippen LogP contribution in [0.2, 0.25) is 0 Å². The fourth-order valence-electron chi connectivity index (χ4n) is 7.78. The number of nitrogens with one attached hydrogen (secondary N) is 2. The van der Waals surface area contributed by atoms with Crippen LogP contribution in [-0.2, 0) is 6.18 Å². The van der Waals surface area contributed by atoms with Crippen LogP contribution in [0, 0.1) is 0 Å². The van der Waals surface area contributed by atoms with Crippen molar-refractivity contribution in [1.29, 1.82) is 0 Å². The molecule has 0 fully saturated rings. The summed E-state index contributed by atoms with van der Waals surface area (Å²) in [6, 6.07) is 30.7. The Bertz CT molecular complexity index is 2730. The molecule has 2 N–H and O–H groups in total. The minimum absolute atomic E-state index is 0.455. The standard InChI is InChI=1S/C48H49F3N7/c1-56(2,3)34-18-12-31(13-19-34)45-37-23-22-36(52-37)44(30-10-16-33(17-11-30)48(49,50)51)40-26-28-42(54-40)47(58(7,8)9)43-29-27-41(55-43)46(39-25-24-38(45)53-39)32-14-20-35(21-15-32)57(4,5)6/h10-29,52,55H,1-9H3/q+3. The summed E-state index contributed by atoms with van der Waals surface area (Å²) in [6.07, 6.45) is 3.63. The van der Waals surface area contributed by atoms with Gasteiger partial charge >= 0.3 is 6.18 Å². The Hall–Kier alpha value is -6.07. The van der Waals surface area contributed by atoms with E-state index < -0.39 is 11.7 Å². The molecule has 8 rings (SSSR count). The summed E-state index contributed by atoms with van der Waals surface area (Å²) in [5.74, 6) is 0. The summed E-state index contributed by atoms with van der Waals surface area (Å²) in [7, 11) is 19.2. The highest BCUT2D eigenvalue weighted by Crippen LogP contribution is 2.40. The molecule has 0 amide bonds. The van der Waals surface area contributed by atoms with Crippen molar-refractivity contribution in [2.75, 3.05) is 63.4 Å². The average Bonchev–Trinajstić information content (AvgIpc) is 3.98. The number of alkyl halides is 3. The van der Waals surface area contributed by atoms with Gasteiger partial charge in [0.2, 0.25) is 0 Å². The second-order valence-corrected chi connectivity index (χ2v) is 17.7. The number of aromatic amines is 2. The van der Waals surface area contributed by atoms with E-state index in [0.29, 0.717) is 30.3 Å². The molecule has 0 radical (unpaired) electrons. The van der Waals surface area contributed by atoms with Crippen LogP contribution < -0.4 is 13.4 Å². The van der Waals surface area contributed by atoms with E-state index in [1.807, 2.05) is 24.3 Å². The number of hydrogen-bond donors (Lipinski definition) is 2. The van der Waals surface area contributed by atoms with Crippen molar-refractivity contribution in [2.24, 2.45) is 0 Å². The Morgan fingerprint density at radius 1 is 0.397 bits per heavy atom. The van der Waals surface area contributed by atoms with Gasteiger partial charge in [0.05, 0.1) is 86.1 Å². The first-order valence-corrected chi connectivity index (χ1v) is 19.3. The zero-order valence-corrected chi connectivity index (χ0v) is 34.4. The van der Waals surface area contributed by atoms with Gasteiger partial charge in [-0.15, -0.1) is 0 Å². The number of quaternary nitrogens is 3. The molecule has 8 bridgehead atoms. The first kappa shape index (κ1) is 38.8. The molecule has 3 aromatic carbocycles. The highest BCUT2D eigenvalue weighted by atomic mass is 19.4. The normalized spacial score (nSPS) is 13.4. The van der Waals surface area contributed by atoms with Crippen molar-refractivity contribution in [2.45, 2.75) is 6.18 Å². The van der Waals surface area contributed by atoms with Crippen LogP contribution in [0.15, 0.2) is 97.1 Å². The summed E-state index contributed by atoms with van der Waals surface area (Å²) in [4.78, 5) is 18.1. The molecule has 0 atom stereocenters. The fraction of sp³-hybridized carbons (Fsp3) is 0.208. The maximum atomic E-state index is 13.8. The molecule has 7 nitrogen and oxygen atoms in total. The quantitative estimate of drug-likeness (QED) is 0.165. The number of H-pyrrole nitrogens is 2. The Balaban J connectivity index is 1.52. The van der Waals surface area contributed by atoms with E-state index in [-0.39, 0.29) is 0 Å². The smallest absolute Gasteiger partial charge is 0.354 e. The second kappa shape index (κ2) is 13.8. The van der Waals surface area contributed by atoms with Crippen LogP contribution in [-0.4, -0.2) is 83.4 Å². The van der Waals surface area contributed by atoms with E-state index in [1.165, 1.54) is 17.8 Å². The van der Waals surface area contributed by atoms with Gasteiger partial charge in [0.15, 0.2) is 5.69 Å². The molecule has 0 saturated heterocycles. The van der Waals surface area contributed by atoms with Crippen LogP contribution >= 0.6 is 0 Å². The highest BCUT2D eigenvalue weighted by Gasteiger charge is 2.30. The van der Waals surface area contributed by atoms with Crippen molar-refractivity contribution in [1.82, 2.24) is 33.4 Å². The lowest BCUT2D eigenvalue weighted by Gasteiger charge is -2.24. The van der Waals surface area contributed by atoms with Crippen molar-refractivity contribution in [3.8, 4) is 33.4 Å². The summed E-state index contributed by atoms with van der Waals surface area (Å²) in [6.45, 7) is 0. The average molecular weight is 781 g/mol. The van der Waals surface area contributed by atoms with Gasteiger partial charge in [-0.1, -0.05) is 12.1 Å². The Kier molecular flexibility index (Phi) is 9.23. The monoisotopic (exact) mass is 780 g/mol. The van der Waals surface area contributed by atoms with Gasteiger partial charge in [-0.2, -0.15) is 13.2 Å². The van der Waals surface area contributed by atoms with E-state index in [0.717, 1.165) is 84.9 Å². The molecule has 6 aromatic rings. The van der Waals surface area contributed by atoms with Crippen LogP contribution in [0.3, 0.4) is 0 Å². The van der Waals surface area contributed by atoms with Gasteiger partial charge in [-0.3, -0.25) is 13.4 Å². The third kappa shape index (κ3) is 7.30. The van der Waals surface area contributed by atoms with Crippen LogP contribution in [0.4, 0.5) is 30.2 Å². The van der Waals surface area contributed by atoms with Crippen molar-refractivity contribution in [3.05, 3.63) is 125 Å². The summed E-state index contributed by atoms with van der Waals surface area (Å²) >= 11 is 0. The predicted octanol–water partition coefficient (Wildman–Crippen LogP) is 11.3. The van der Waals surface area contributed by atoms with E-state index in [2.05, 4.69) is 146 Å². The third-order valence-electron chi connectivity index (χ3n) is 10.8. The molecule has 0 saturated carbocycles. The lowest BCUT2D eigenvalue weighted by molar-refractivity contribution is -0.137. The number of rotatable bonds is 6. The van der Waals surface area contributed by atoms with Crippen molar-refractivity contribution >= 4 is 63.4 Å². The molecular formula is C48H49F3N7+3. The van der Waals surface area contributed by atoms with E-state index in [1.54, 1.807) is 0 Å². The van der Waals surface area contributed by atoms with Gasteiger partial charge in [-0.25, -0.2) is 9.97 Å². The minimum Gasteiger partial charge on any atom is -0.354 e. The summed E-state index contributed by atoms with van der Waals surface area (Å²) in [5.41, 5.74) is 14.1. The van der Waals surface area contributed by atoms with Gasteiger partial charge in [-0.05, 0) is 126 Å². The van der Waals surface area contributed by atoms with Gasteiger partial charge < -0.3 is 9.97 Å². The molecule has 5 heterocycles. The number of hydrogen-bond acceptors (Lipinski definition) is 2. The molecule has 0 aliphatic carbocycles. The minimum atomic E-state index is -4.46.